The molecule has 1 N–H and O–H groups in total. The lowest BCUT2D eigenvalue weighted by Crippen LogP contribution is -2.40. The summed E-state index contributed by atoms with van der Waals surface area (Å²) in [6.07, 6.45) is 6.08. The number of alkyl halides is 2. The zero-order chi connectivity index (χ0) is 24.8. The third-order valence-corrected chi connectivity index (χ3v) is 7.62. The fourth-order valence-electron chi connectivity index (χ4n) is 4.51. The van der Waals surface area contributed by atoms with Crippen molar-refractivity contribution in [3.63, 3.8) is 0 Å². The first-order valence-electron chi connectivity index (χ1n) is 12.0. The number of aromatic nitrogens is 2. The van der Waals surface area contributed by atoms with Gasteiger partial charge in [0.25, 0.3) is 17.0 Å². The summed E-state index contributed by atoms with van der Waals surface area (Å²) in [7, 11) is 0. The van der Waals surface area contributed by atoms with Gasteiger partial charge in [0.2, 0.25) is 5.88 Å². The summed E-state index contributed by atoms with van der Waals surface area (Å²) < 4.78 is 36.7. The number of nitrogens with one attached hydrogen (secondary N) is 1. The van der Waals surface area contributed by atoms with Crippen molar-refractivity contribution in [2.24, 2.45) is 5.92 Å². The number of ether oxygens (including phenoxy) is 2. The highest BCUT2D eigenvalue weighted by molar-refractivity contribution is 7.13. The third-order valence-electron chi connectivity index (χ3n) is 6.34. The monoisotopic (exact) mass is 528 g/mol. The number of fused-ring (bicyclic) bond motifs is 1. The number of carbonyl (C=O) groups is 1. The van der Waals surface area contributed by atoms with Gasteiger partial charge in [-0.15, -0.1) is 0 Å². The molecule has 2 aromatic rings. The lowest BCUT2D eigenvalue weighted by molar-refractivity contribution is -0.124. The molecule has 4 rings (SSSR count). The van der Waals surface area contributed by atoms with Crippen molar-refractivity contribution in [2.75, 3.05) is 26.3 Å². The maximum atomic E-state index is 13.0. The Hall–Kier alpha value is -2.04. The Labute approximate surface area is 213 Å². The number of hydrogen-bond donors (Lipinski definition) is 1. The van der Waals surface area contributed by atoms with Crippen LogP contribution in [-0.2, 0) is 17.8 Å². The molecule has 0 bridgehead atoms. The summed E-state index contributed by atoms with van der Waals surface area (Å²) in [5.74, 6) is -2.03. The fraction of sp³-hybridized carbons (Fsp3) is 0.625. The normalized spacial score (nSPS) is 20.8. The van der Waals surface area contributed by atoms with Crippen LogP contribution >= 0.6 is 22.9 Å². The first-order chi connectivity index (χ1) is 16.7. The topological polar surface area (TPSA) is 76.6 Å². The van der Waals surface area contributed by atoms with E-state index in [0.717, 1.165) is 75.7 Å². The Morgan fingerprint density at radius 1 is 1.26 bits per heavy atom. The van der Waals surface area contributed by atoms with Crippen molar-refractivity contribution in [1.29, 1.82) is 0 Å². The Kier molecular flexibility index (Phi) is 8.77. The van der Waals surface area contributed by atoms with E-state index in [9.17, 15) is 13.6 Å². The fourth-order valence-corrected chi connectivity index (χ4v) is 5.57. The van der Waals surface area contributed by atoms with E-state index in [2.05, 4.69) is 20.2 Å². The lowest BCUT2D eigenvalue weighted by Gasteiger charge is -2.31. The summed E-state index contributed by atoms with van der Waals surface area (Å²) in [6.45, 7) is 2.81. The standard InChI is InChI=1S/C24H31ClF2N4O3S/c1-24(26,27)15-34-23-29-18-13-31(12-10-19(18)35-23)11-9-16-5-7-17(8-6-16)28-21(32)14-33-22-4-2-3-20(25)30-22/h2-4,16-17H,5-15H2,1H3,(H,28,32). The molecule has 1 saturated carbocycles. The summed E-state index contributed by atoms with van der Waals surface area (Å²) in [5.41, 5.74) is 0.956. The number of nitrogens with zero attached hydrogens (tertiary/aromatic N) is 3. The van der Waals surface area contributed by atoms with Crippen molar-refractivity contribution >= 4 is 28.8 Å². The molecule has 0 unspecified atom stereocenters. The number of halogens is 3. The molecule has 192 valence electrons. The van der Waals surface area contributed by atoms with Crippen LogP contribution in [0, 0.1) is 5.92 Å². The van der Waals surface area contributed by atoms with Gasteiger partial charge in [0.05, 0.1) is 5.69 Å². The number of carbonyl (C=O) groups excluding carboxylic acids is 1. The van der Waals surface area contributed by atoms with Crippen molar-refractivity contribution in [3.8, 4) is 11.1 Å². The quantitative estimate of drug-likeness (QED) is 0.449. The van der Waals surface area contributed by atoms with E-state index in [-0.39, 0.29) is 18.6 Å². The second-order valence-corrected chi connectivity index (χ2v) is 10.8. The zero-order valence-corrected chi connectivity index (χ0v) is 21.3. The van der Waals surface area contributed by atoms with Crippen LogP contribution in [0.1, 0.15) is 49.6 Å². The summed E-state index contributed by atoms with van der Waals surface area (Å²) in [4.78, 5) is 24.2. The predicted octanol–water partition coefficient (Wildman–Crippen LogP) is 4.73. The summed E-state index contributed by atoms with van der Waals surface area (Å²) >= 11 is 7.21. The van der Waals surface area contributed by atoms with Crippen LogP contribution in [0.4, 0.5) is 8.78 Å². The molecule has 1 aliphatic heterocycles. The van der Waals surface area contributed by atoms with Crippen LogP contribution in [0.2, 0.25) is 5.15 Å². The number of thiazole rings is 1. The highest BCUT2D eigenvalue weighted by Crippen LogP contribution is 2.32. The molecule has 2 aromatic heterocycles. The maximum absolute atomic E-state index is 13.0. The van der Waals surface area contributed by atoms with Crippen LogP contribution in [-0.4, -0.2) is 59.0 Å². The Morgan fingerprint density at radius 2 is 2.06 bits per heavy atom. The summed E-state index contributed by atoms with van der Waals surface area (Å²) in [5, 5.41) is 3.73. The number of pyridine rings is 1. The minimum Gasteiger partial charge on any atom is -0.468 e. The minimum atomic E-state index is -2.86. The van der Waals surface area contributed by atoms with E-state index in [1.807, 2.05) is 0 Å². The molecule has 0 spiro atoms. The third kappa shape index (κ3) is 8.25. The molecule has 0 radical (unpaired) electrons. The van der Waals surface area contributed by atoms with Gasteiger partial charge in [-0.05, 0) is 57.1 Å². The van der Waals surface area contributed by atoms with Gasteiger partial charge in [-0.2, -0.15) is 0 Å². The largest absolute Gasteiger partial charge is 0.468 e. The molecule has 3 heterocycles. The molecule has 1 aliphatic carbocycles. The number of rotatable bonds is 10. The smallest absolute Gasteiger partial charge is 0.278 e. The van der Waals surface area contributed by atoms with Gasteiger partial charge in [-0.25, -0.2) is 18.7 Å². The molecular weight excluding hydrogens is 498 g/mol. The second-order valence-electron chi connectivity index (χ2n) is 9.40. The maximum Gasteiger partial charge on any atom is 0.278 e. The predicted molar refractivity (Wildman–Crippen MR) is 130 cm³/mol. The van der Waals surface area contributed by atoms with Crippen LogP contribution < -0.4 is 14.8 Å². The van der Waals surface area contributed by atoms with Crippen LogP contribution in [0.25, 0.3) is 0 Å². The number of amides is 1. The average molecular weight is 529 g/mol. The first-order valence-corrected chi connectivity index (χ1v) is 13.2. The van der Waals surface area contributed by atoms with Gasteiger partial charge >= 0.3 is 0 Å². The molecule has 2 aliphatic rings. The van der Waals surface area contributed by atoms with Gasteiger partial charge in [-0.3, -0.25) is 9.69 Å². The van der Waals surface area contributed by atoms with E-state index in [1.54, 1.807) is 18.2 Å². The summed E-state index contributed by atoms with van der Waals surface area (Å²) in [6, 6.07) is 5.23. The Bertz CT molecular complexity index is 995. The van der Waals surface area contributed by atoms with Gasteiger partial charge in [0, 0.05) is 37.0 Å². The molecule has 0 aromatic carbocycles. The molecule has 1 amide bonds. The van der Waals surface area contributed by atoms with Gasteiger partial charge in [0.1, 0.15) is 5.15 Å². The number of hydrogen-bond acceptors (Lipinski definition) is 7. The molecule has 0 saturated heterocycles. The SMILES string of the molecule is CC(F)(F)COc1nc2c(s1)CCN(CCC1CCC(NC(=O)COc3cccc(Cl)n3)CC1)C2. The van der Waals surface area contributed by atoms with Crippen molar-refractivity contribution in [2.45, 2.75) is 64.0 Å². The van der Waals surface area contributed by atoms with Crippen LogP contribution in [0.3, 0.4) is 0 Å². The van der Waals surface area contributed by atoms with E-state index < -0.39 is 12.5 Å². The van der Waals surface area contributed by atoms with Gasteiger partial charge in [0.15, 0.2) is 13.2 Å². The Balaban J connectivity index is 1.13. The molecule has 35 heavy (non-hydrogen) atoms. The molecule has 0 atom stereocenters. The lowest BCUT2D eigenvalue weighted by atomic mass is 9.84. The van der Waals surface area contributed by atoms with Crippen molar-refractivity contribution in [3.05, 3.63) is 33.9 Å². The van der Waals surface area contributed by atoms with E-state index >= 15 is 0 Å². The highest BCUT2D eigenvalue weighted by atomic mass is 35.5. The van der Waals surface area contributed by atoms with Gasteiger partial charge in [-0.1, -0.05) is 29.0 Å². The molecule has 11 heteroatoms. The molecular formula is C24H31ClF2N4O3S. The van der Waals surface area contributed by atoms with Crippen LogP contribution in [0.5, 0.6) is 11.1 Å². The second kappa shape index (κ2) is 11.8. The van der Waals surface area contributed by atoms with E-state index in [1.165, 1.54) is 11.3 Å². The Morgan fingerprint density at radius 3 is 2.80 bits per heavy atom. The van der Waals surface area contributed by atoms with E-state index in [4.69, 9.17) is 21.1 Å². The molecule has 7 nitrogen and oxygen atoms in total. The molecule has 1 fully saturated rings. The average Bonchev–Trinajstić information content (AvgIpc) is 3.23. The van der Waals surface area contributed by atoms with Crippen molar-refractivity contribution in [1.82, 2.24) is 20.2 Å². The highest BCUT2D eigenvalue weighted by Gasteiger charge is 2.27. The zero-order valence-electron chi connectivity index (χ0n) is 19.8. The van der Waals surface area contributed by atoms with Gasteiger partial charge < -0.3 is 14.8 Å². The minimum absolute atomic E-state index is 0.0749. The van der Waals surface area contributed by atoms with E-state index in [0.29, 0.717) is 22.1 Å². The first kappa shape index (κ1) is 26.0. The van der Waals surface area contributed by atoms with Crippen LogP contribution in [0.15, 0.2) is 18.2 Å². The van der Waals surface area contributed by atoms with Crippen molar-refractivity contribution < 1.29 is 23.0 Å².